The van der Waals surface area contributed by atoms with Crippen molar-refractivity contribution in [3.8, 4) is 11.3 Å². The summed E-state index contributed by atoms with van der Waals surface area (Å²) in [6, 6.07) is 21.2. The number of carbonyl (C=O) groups is 1. The van der Waals surface area contributed by atoms with Crippen molar-refractivity contribution in [1.82, 2.24) is 24.9 Å². The molecule has 1 unspecified atom stereocenters. The van der Waals surface area contributed by atoms with Gasteiger partial charge in [0.2, 0.25) is 15.9 Å². The highest BCUT2D eigenvalue weighted by Gasteiger charge is 2.30. The number of rotatable bonds is 7. The summed E-state index contributed by atoms with van der Waals surface area (Å²) in [5.74, 6) is 0.885. The van der Waals surface area contributed by atoms with Crippen molar-refractivity contribution in [3.63, 3.8) is 0 Å². The van der Waals surface area contributed by atoms with Crippen LogP contribution in [0.5, 0.6) is 0 Å². The van der Waals surface area contributed by atoms with Crippen LogP contribution in [0, 0.1) is 0 Å². The van der Waals surface area contributed by atoms with Gasteiger partial charge in [-0.25, -0.2) is 23.2 Å². The molecule has 0 bridgehead atoms. The monoisotopic (exact) mass is 517 g/mol. The number of benzene rings is 2. The van der Waals surface area contributed by atoms with Gasteiger partial charge in [0.25, 0.3) is 0 Å². The van der Waals surface area contributed by atoms with Gasteiger partial charge in [0.15, 0.2) is 0 Å². The number of nitrogens with zero attached hydrogens (tertiary/aromatic N) is 6. The second-order valence-corrected chi connectivity index (χ2v) is 10.4. The van der Waals surface area contributed by atoms with Gasteiger partial charge in [-0.3, -0.25) is 4.79 Å². The minimum Gasteiger partial charge on any atom is -0.353 e. The number of sulfonamides is 1. The fourth-order valence-corrected chi connectivity index (χ4v) is 4.93. The molecule has 1 saturated heterocycles. The lowest BCUT2D eigenvalue weighted by molar-refractivity contribution is -0.135. The first kappa shape index (κ1) is 24.6. The molecular weight excluding hydrogens is 490 g/mol. The second kappa shape index (κ2) is 10.5. The number of primary sulfonamides is 1. The molecule has 5 rings (SSSR count). The molecule has 2 aromatic heterocycles. The molecule has 0 saturated carbocycles. The van der Waals surface area contributed by atoms with Gasteiger partial charge in [0.05, 0.1) is 11.1 Å². The van der Waals surface area contributed by atoms with Gasteiger partial charge in [-0.1, -0.05) is 53.7 Å². The van der Waals surface area contributed by atoms with Gasteiger partial charge >= 0.3 is 0 Å². The molecule has 1 aliphatic rings. The maximum absolute atomic E-state index is 13.8. The Kier molecular flexibility index (Phi) is 6.97. The van der Waals surface area contributed by atoms with Crippen LogP contribution in [0.3, 0.4) is 0 Å². The van der Waals surface area contributed by atoms with Crippen LogP contribution < -0.4 is 10.0 Å². The Labute approximate surface area is 215 Å². The fraction of sp³-hybridized carbons (Fsp3) is 0.231. The molecule has 0 spiro atoms. The van der Waals surface area contributed by atoms with Crippen LogP contribution in [-0.4, -0.2) is 65.4 Å². The molecule has 190 valence electrons. The molecule has 1 fully saturated rings. The summed E-state index contributed by atoms with van der Waals surface area (Å²) >= 11 is 0. The Bertz CT molecular complexity index is 1450. The van der Waals surface area contributed by atoms with Gasteiger partial charge in [0, 0.05) is 44.4 Å². The van der Waals surface area contributed by atoms with Crippen LogP contribution in [-0.2, 0) is 21.2 Å². The topological polar surface area (TPSA) is 127 Å². The lowest BCUT2D eigenvalue weighted by Gasteiger charge is -2.37. The predicted octanol–water partition coefficient (Wildman–Crippen LogP) is 2.12. The van der Waals surface area contributed by atoms with Crippen molar-refractivity contribution >= 4 is 21.7 Å². The van der Waals surface area contributed by atoms with Crippen molar-refractivity contribution in [2.75, 3.05) is 31.1 Å². The van der Waals surface area contributed by atoms with Crippen molar-refractivity contribution in [3.05, 3.63) is 90.8 Å². The molecule has 37 heavy (non-hydrogen) atoms. The fourth-order valence-electron chi connectivity index (χ4n) is 4.42. The Balaban J connectivity index is 1.37. The number of amides is 1. The molecule has 0 aliphatic carbocycles. The minimum absolute atomic E-state index is 0.0191. The zero-order valence-corrected chi connectivity index (χ0v) is 20.9. The molecule has 1 amide bonds. The average Bonchev–Trinajstić information content (AvgIpc) is 3.42. The third kappa shape index (κ3) is 5.68. The summed E-state index contributed by atoms with van der Waals surface area (Å²) < 4.78 is 24.7. The first-order valence-corrected chi connectivity index (χ1v) is 13.5. The Hall–Kier alpha value is -4.09. The maximum Gasteiger partial charge on any atom is 0.247 e. The van der Waals surface area contributed by atoms with Crippen molar-refractivity contribution in [2.24, 2.45) is 5.14 Å². The van der Waals surface area contributed by atoms with Crippen molar-refractivity contribution < 1.29 is 13.2 Å². The molecule has 1 atom stereocenters. The van der Waals surface area contributed by atoms with E-state index in [0.29, 0.717) is 43.9 Å². The Morgan fingerprint density at radius 3 is 2.27 bits per heavy atom. The van der Waals surface area contributed by atoms with Crippen LogP contribution in [0.25, 0.3) is 11.3 Å². The van der Waals surface area contributed by atoms with E-state index in [1.165, 1.54) is 12.1 Å². The quantitative estimate of drug-likeness (QED) is 0.398. The van der Waals surface area contributed by atoms with E-state index < -0.39 is 16.1 Å². The molecule has 11 heteroatoms. The first-order valence-electron chi connectivity index (χ1n) is 11.9. The number of piperazine rings is 1. The summed E-state index contributed by atoms with van der Waals surface area (Å²) in [5.41, 5.74) is 2.22. The van der Waals surface area contributed by atoms with Gasteiger partial charge in [0.1, 0.15) is 17.6 Å². The van der Waals surface area contributed by atoms with E-state index in [4.69, 9.17) is 5.14 Å². The van der Waals surface area contributed by atoms with Crippen LogP contribution in [0.15, 0.2) is 90.1 Å². The molecule has 1 aliphatic heterocycles. The molecule has 3 heterocycles. The predicted molar refractivity (Wildman–Crippen MR) is 139 cm³/mol. The number of carbonyl (C=O) groups excluding carboxylic acids is 1. The maximum atomic E-state index is 13.8. The third-order valence-corrected chi connectivity index (χ3v) is 7.36. The minimum atomic E-state index is -3.79. The highest BCUT2D eigenvalue weighted by atomic mass is 32.2. The smallest absolute Gasteiger partial charge is 0.247 e. The van der Waals surface area contributed by atoms with E-state index in [1.54, 1.807) is 29.2 Å². The lowest BCUT2D eigenvalue weighted by Crippen LogP contribution is -2.51. The highest BCUT2D eigenvalue weighted by molar-refractivity contribution is 7.89. The van der Waals surface area contributed by atoms with E-state index in [9.17, 15) is 13.2 Å². The highest BCUT2D eigenvalue weighted by Crippen LogP contribution is 2.23. The number of anilines is 1. The van der Waals surface area contributed by atoms with E-state index in [1.807, 2.05) is 53.4 Å². The second-order valence-electron chi connectivity index (χ2n) is 8.86. The van der Waals surface area contributed by atoms with E-state index in [2.05, 4.69) is 20.2 Å². The zero-order chi connectivity index (χ0) is 25.8. The normalized spacial score (nSPS) is 14.9. The van der Waals surface area contributed by atoms with E-state index >= 15 is 0 Å². The molecular formula is C26H27N7O3S. The van der Waals surface area contributed by atoms with Crippen LogP contribution >= 0.6 is 0 Å². The summed E-state index contributed by atoms with van der Waals surface area (Å²) in [6.45, 7) is 2.55. The van der Waals surface area contributed by atoms with E-state index in [-0.39, 0.29) is 10.8 Å². The number of pyridine rings is 1. The molecule has 2 N–H and O–H groups in total. The van der Waals surface area contributed by atoms with Crippen LogP contribution in [0.2, 0.25) is 0 Å². The van der Waals surface area contributed by atoms with Gasteiger partial charge in [-0.15, -0.1) is 5.10 Å². The van der Waals surface area contributed by atoms with Gasteiger partial charge in [-0.05, 0) is 29.8 Å². The first-order chi connectivity index (χ1) is 17.9. The number of aromatic nitrogens is 4. The summed E-state index contributed by atoms with van der Waals surface area (Å²) in [6.07, 6.45) is 3.96. The number of hydrogen-bond donors (Lipinski definition) is 1. The van der Waals surface area contributed by atoms with Gasteiger partial charge in [-0.2, -0.15) is 0 Å². The zero-order valence-electron chi connectivity index (χ0n) is 20.1. The molecule has 2 aromatic carbocycles. The number of hydrogen-bond acceptors (Lipinski definition) is 7. The largest absolute Gasteiger partial charge is 0.353 e. The van der Waals surface area contributed by atoms with E-state index in [0.717, 1.165) is 11.4 Å². The van der Waals surface area contributed by atoms with Crippen molar-refractivity contribution in [1.29, 1.82) is 0 Å². The van der Waals surface area contributed by atoms with Crippen LogP contribution in [0.4, 0.5) is 5.82 Å². The average molecular weight is 518 g/mol. The summed E-state index contributed by atoms with van der Waals surface area (Å²) in [4.78, 5) is 22.3. The van der Waals surface area contributed by atoms with Crippen molar-refractivity contribution in [2.45, 2.75) is 17.4 Å². The Morgan fingerprint density at radius 2 is 1.62 bits per heavy atom. The SMILES string of the molecule is NS(=O)(=O)c1ccc(-c2cn(C(Cc3ccccc3)C(=O)N3CCN(c4ccccn4)CC3)nn2)cc1. The summed E-state index contributed by atoms with van der Waals surface area (Å²) in [5, 5.41) is 13.8. The summed E-state index contributed by atoms with van der Waals surface area (Å²) in [7, 11) is -3.79. The molecule has 0 radical (unpaired) electrons. The Morgan fingerprint density at radius 1 is 0.919 bits per heavy atom. The molecule has 10 nitrogen and oxygen atoms in total. The lowest BCUT2D eigenvalue weighted by atomic mass is 10.0. The third-order valence-electron chi connectivity index (χ3n) is 6.43. The standard InChI is InChI=1S/C26H27N7O3S/c27-37(35,36)22-11-9-21(10-12-22)23-19-33(30-29-23)24(18-20-6-2-1-3-7-20)26(34)32-16-14-31(15-17-32)25-8-4-5-13-28-25/h1-13,19,24H,14-18H2,(H2,27,35,36). The van der Waals surface area contributed by atoms with Gasteiger partial charge < -0.3 is 9.80 Å². The molecule has 4 aromatic rings. The van der Waals surface area contributed by atoms with Crippen LogP contribution in [0.1, 0.15) is 11.6 Å². The number of nitrogens with two attached hydrogens (primary N) is 1.